The van der Waals surface area contributed by atoms with Gasteiger partial charge >= 0.3 is 0 Å². The molecule has 0 amide bonds. The van der Waals surface area contributed by atoms with E-state index >= 15 is 0 Å². The topological polar surface area (TPSA) is 16.4 Å². The predicted molar refractivity (Wildman–Crippen MR) is 220 cm³/mol. The van der Waals surface area contributed by atoms with Crippen LogP contribution in [0.25, 0.3) is 76.9 Å². The van der Waals surface area contributed by atoms with Crippen molar-refractivity contribution in [2.45, 2.75) is 0 Å². The second kappa shape index (κ2) is 12.5. The summed E-state index contributed by atoms with van der Waals surface area (Å²) in [6.45, 7) is 0. The van der Waals surface area contributed by atoms with Crippen molar-refractivity contribution in [1.82, 2.24) is 0 Å². The Morgan fingerprint density at radius 3 is 1.38 bits per heavy atom. The van der Waals surface area contributed by atoms with Crippen LogP contribution in [0.5, 0.6) is 0 Å². The van der Waals surface area contributed by atoms with Gasteiger partial charge in [0.05, 0.1) is 0 Å². The zero-order valence-corrected chi connectivity index (χ0v) is 28.4. The van der Waals surface area contributed by atoms with E-state index in [4.69, 9.17) is 4.42 Å². The van der Waals surface area contributed by atoms with Crippen LogP contribution in [0.1, 0.15) is 0 Å². The Bertz CT molecular complexity index is 2850. The summed E-state index contributed by atoms with van der Waals surface area (Å²) in [6.07, 6.45) is 0. The Kier molecular flexibility index (Phi) is 7.18. The van der Waals surface area contributed by atoms with E-state index in [0.717, 1.165) is 39.0 Å². The monoisotopic (exact) mass is 663 g/mol. The van der Waals surface area contributed by atoms with Crippen molar-refractivity contribution in [3.05, 3.63) is 200 Å². The molecule has 0 N–H and O–H groups in total. The molecular formula is C50H33NO. The van der Waals surface area contributed by atoms with Gasteiger partial charge in [-0.1, -0.05) is 146 Å². The quantitative estimate of drug-likeness (QED) is 0.165. The third-order valence-electron chi connectivity index (χ3n) is 10.3. The normalized spacial score (nSPS) is 11.5. The number of nitrogens with zero attached hydrogens (tertiary/aromatic N) is 1. The predicted octanol–water partition coefficient (Wildman–Crippen LogP) is 14.4. The van der Waals surface area contributed by atoms with Crippen molar-refractivity contribution in [2.75, 3.05) is 4.90 Å². The smallest absolute Gasteiger partial charge is 0.136 e. The van der Waals surface area contributed by atoms with E-state index in [1.54, 1.807) is 0 Å². The third kappa shape index (κ3) is 5.30. The van der Waals surface area contributed by atoms with Crippen LogP contribution in [-0.2, 0) is 0 Å². The van der Waals surface area contributed by atoms with Crippen LogP contribution in [0.2, 0.25) is 0 Å². The molecule has 0 fully saturated rings. The summed E-state index contributed by atoms with van der Waals surface area (Å²) < 4.78 is 6.23. The van der Waals surface area contributed by atoms with Crippen LogP contribution in [0.3, 0.4) is 0 Å². The molecule has 0 aliphatic carbocycles. The third-order valence-corrected chi connectivity index (χ3v) is 10.3. The lowest BCUT2D eigenvalue weighted by atomic mass is 9.98. The second-order valence-corrected chi connectivity index (χ2v) is 13.4. The van der Waals surface area contributed by atoms with E-state index in [9.17, 15) is 0 Å². The molecule has 0 spiro atoms. The zero-order chi connectivity index (χ0) is 34.4. The number of benzene rings is 9. The Morgan fingerprint density at radius 1 is 0.269 bits per heavy atom. The Morgan fingerprint density at radius 2 is 0.731 bits per heavy atom. The lowest BCUT2D eigenvalue weighted by Crippen LogP contribution is -2.09. The summed E-state index contributed by atoms with van der Waals surface area (Å²) >= 11 is 0. The molecular weight excluding hydrogens is 631 g/mol. The first-order valence-corrected chi connectivity index (χ1v) is 17.7. The maximum Gasteiger partial charge on any atom is 0.136 e. The molecule has 0 unspecified atom stereocenters. The Hall–Kier alpha value is -6.90. The number of hydrogen-bond donors (Lipinski definition) is 0. The number of furan rings is 1. The van der Waals surface area contributed by atoms with Gasteiger partial charge in [0.2, 0.25) is 0 Å². The number of para-hydroxylation sites is 2. The van der Waals surface area contributed by atoms with E-state index in [0.29, 0.717) is 0 Å². The summed E-state index contributed by atoms with van der Waals surface area (Å²) in [7, 11) is 0. The van der Waals surface area contributed by atoms with Gasteiger partial charge in [0.1, 0.15) is 11.2 Å². The molecule has 0 atom stereocenters. The minimum atomic E-state index is 0.918. The summed E-state index contributed by atoms with van der Waals surface area (Å²) in [5.41, 5.74) is 12.4. The highest BCUT2D eigenvalue weighted by Crippen LogP contribution is 2.40. The van der Waals surface area contributed by atoms with E-state index in [-0.39, 0.29) is 0 Å². The molecule has 0 aliphatic heterocycles. The van der Waals surface area contributed by atoms with Crippen molar-refractivity contribution in [2.24, 2.45) is 0 Å². The molecule has 52 heavy (non-hydrogen) atoms. The highest BCUT2D eigenvalue weighted by Gasteiger charge is 2.15. The molecule has 10 rings (SSSR count). The Balaban J connectivity index is 0.996. The van der Waals surface area contributed by atoms with Crippen molar-refractivity contribution < 1.29 is 4.42 Å². The van der Waals surface area contributed by atoms with Crippen molar-refractivity contribution >= 4 is 60.5 Å². The molecule has 0 saturated carbocycles. The summed E-state index contributed by atoms with van der Waals surface area (Å²) in [5.74, 6) is 0. The van der Waals surface area contributed by atoms with Gasteiger partial charge in [-0.2, -0.15) is 0 Å². The number of fused-ring (bicyclic) bond motifs is 6. The molecule has 2 heteroatoms. The van der Waals surface area contributed by atoms with E-state index in [1.807, 2.05) is 12.1 Å². The second-order valence-electron chi connectivity index (χ2n) is 13.4. The maximum atomic E-state index is 6.23. The highest BCUT2D eigenvalue weighted by molar-refractivity contribution is 6.17. The van der Waals surface area contributed by atoms with Gasteiger partial charge < -0.3 is 9.32 Å². The molecule has 10 aromatic rings. The average Bonchev–Trinajstić information content (AvgIpc) is 3.59. The van der Waals surface area contributed by atoms with Crippen molar-refractivity contribution in [1.29, 1.82) is 0 Å². The van der Waals surface area contributed by atoms with Crippen molar-refractivity contribution in [3.63, 3.8) is 0 Å². The fraction of sp³-hybridized carbons (Fsp3) is 0. The maximum absolute atomic E-state index is 6.23. The van der Waals surface area contributed by atoms with Gasteiger partial charge in [-0.15, -0.1) is 0 Å². The van der Waals surface area contributed by atoms with Crippen LogP contribution < -0.4 is 4.90 Å². The summed E-state index contributed by atoms with van der Waals surface area (Å²) in [5, 5.41) is 7.10. The van der Waals surface area contributed by atoms with Crippen LogP contribution in [0.4, 0.5) is 17.1 Å². The summed E-state index contributed by atoms with van der Waals surface area (Å²) in [6, 6.07) is 71.7. The van der Waals surface area contributed by atoms with Gasteiger partial charge in [-0.05, 0) is 110 Å². The van der Waals surface area contributed by atoms with E-state index < -0.39 is 0 Å². The molecule has 2 nitrogen and oxygen atoms in total. The largest absolute Gasteiger partial charge is 0.456 e. The molecule has 1 aromatic heterocycles. The molecule has 1 heterocycles. The molecule has 0 bridgehead atoms. The average molecular weight is 664 g/mol. The lowest BCUT2D eigenvalue weighted by Gasteiger charge is -2.26. The lowest BCUT2D eigenvalue weighted by molar-refractivity contribution is 0.669. The fourth-order valence-electron chi connectivity index (χ4n) is 7.57. The van der Waals surface area contributed by atoms with Crippen LogP contribution in [0.15, 0.2) is 205 Å². The first-order chi connectivity index (χ1) is 25.7. The van der Waals surface area contributed by atoms with Crippen LogP contribution in [-0.4, -0.2) is 0 Å². The van der Waals surface area contributed by atoms with Crippen LogP contribution >= 0.6 is 0 Å². The zero-order valence-electron chi connectivity index (χ0n) is 28.4. The molecule has 244 valence electrons. The minimum absolute atomic E-state index is 0.918. The molecule has 0 saturated heterocycles. The minimum Gasteiger partial charge on any atom is -0.456 e. The summed E-state index contributed by atoms with van der Waals surface area (Å²) in [4.78, 5) is 2.34. The highest BCUT2D eigenvalue weighted by atomic mass is 16.3. The van der Waals surface area contributed by atoms with Gasteiger partial charge in [0.25, 0.3) is 0 Å². The van der Waals surface area contributed by atoms with Gasteiger partial charge in [0.15, 0.2) is 0 Å². The number of anilines is 3. The Labute approximate surface area is 302 Å². The van der Waals surface area contributed by atoms with E-state index in [2.05, 4.69) is 193 Å². The molecule has 0 radical (unpaired) electrons. The van der Waals surface area contributed by atoms with Gasteiger partial charge in [-0.25, -0.2) is 0 Å². The van der Waals surface area contributed by atoms with E-state index in [1.165, 1.54) is 54.9 Å². The first kappa shape index (κ1) is 30.0. The fourth-order valence-corrected chi connectivity index (χ4v) is 7.57. The van der Waals surface area contributed by atoms with Crippen LogP contribution in [0, 0.1) is 0 Å². The van der Waals surface area contributed by atoms with Gasteiger partial charge in [-0.3, -0.25) is 0 Å². The van der Waals surface area contributed by atoms with Gasteiger partial charge in [0, 0.05) is 27.8 Å². The molecule has 9 aromatic carbocycles. The standard InChI is InChI=1S/C50H33NO/c1-3-9-34(10-4-1)35-15-17-36(18-16-35)37-19-21-38(22-20-37)39-25-28-43(29-26-39)51(42-11-5-2-6-12-42)44-30-27-40-23-24-41-31-50-48(33-47(41)46(40)32-44)45-13-7-8-14-49(45)52-50/h1-33H. The molecule has 0 aliphatic rings. The first-order valence-electron chi connectivity index (χ1n) is 17.7. The SMILES string of the molecule is c1ccc(-c2ccc(-c3ccc(-c4ccc(N(c5ccccc5)c5ccc6ccc7cc8oc9ccccc9c8cc7c6c5)cc4)cc3)cc2)cc1. The number of hydrogen-bond acceptors (Lipinski definition) is 2. The number of rotatable bonds is 6. The van der Waals surface area contributed by atoms with Crippen molar-refractivity contribution in [3.8, 4) is 33.4 Å².